The maximum atomic E-state index is 12.9. The highest BCUT2D eigenvalue weighted by molar-refractivity contribution is 6.20. The third-order valence-electron chi connectivity index (χ3n) is 5.67. The number of carbonyl (C=O) groups is 3. The number of aryl methyl sites for hydroxylation is 1. The van der Waals surface area contributed by atoms with E-state index in [0.717, 1.165) is 28.4 Å². The molecule has 7 nitrogen and oxygen atoms in total. The third kappa shape index (κ3) is 4.50. The molecule has 2 aromatic rings. The highest BCUT2D eigenvalue weighted by atomic mass is 16.2. The number of benzene rings is 1. The van der Waals surface area contributed by atoms with Crippen molar-refractivity contribution in [1.29, 1.82) is 5.26 Å². The van der Waals surface area contributed by atoms with Crippen molar-refractivity contribution < 1.29 is 14.4 Å². The second kappa shape index (κ2) is 9.23. The van der Waals surface area contributed by atoms with Crippen LogP contribution in [0.1, 0.15) is 49.2 Å². The molecule has 3 amide bonds. The second-order valence-electron chi connectivity index (χ2n) is 8.53. The van der Waals surface area contributed by atoms with E-state index in [2.05, 4.69) is 23.7 Å². The molecule has 1 aromatic carbocycles. The van der Waals surface area contributed by atoms with Crippen molar-refractivity contribution in [1.82, 2.24) is 4.57 Å². The molecule has 2 heterocycles. The average molecular weight is 433 g/mol. The van der Waals surface area contributed by atoms with E-state index in [1.807, 2.05) is 26.0 Å². The van der Waals surface area contributed by atoms with Crippen LogP contribution in [0.25, 0.3) is 6.08 Å². The van der Waals surface area contributed by atoms with Gasteiger partial charge in [0.05, 0.1) is 5.69 Å². The van der Waals surface area contributed by atoms with Crippen LogP contribution < -0.4 is 10.2 Å². The molecule has 1 saturated heterocycles. The molecule has 0 bridgehead atoms. The van der Waals surface area contributed by atoms with Gasteiger partial charge in [0.15, 0.2) is 0 Å². The molecule has 1 fully saturated rings. The van der Waals surface area contributed by atoms with Gasteiger partial charge in [0.2, 0.25) is 11.8 Å². The lowest BCUT2D eigenvalue weighted by Crippen LogP contribution is -2.29. The van der Waals surface area contributed by atoms with Crippen molar-refractivity contribution in [2.24, 2.45) is 5.92 Å². The predicted molar refractivity (Wildman–Crippen MR) is 124 cm³/mol. The predicted octanol–water partition coefficient (Wildman–Crippen LogP) is 4.27. The Labute approximate surface area is 188 Å². The number of imide groups is 1. The maximum absolute atomic E-state index is 12.9. The first kappa shape index (κ1) is 23.0. The van der Waals surface area contributed by atoms with E-state index in [1.165, 1.54) is 0 Å². The van der Waals surface area contributed by atoms with E-state index >= 15 is 0 Å². The number of nitrogens with zero attached hydrogens (tertiary/aromatic N) is 3. The smallest absolute Gasteiger partial charge is 0.266 e. The van der Waals surface area contributed by atoms with E-state index < -0.39 is 5.91 Å². The summed E-state index contributed by atoms with van der Waals surface area (Å²) in [4.78, 5) is 38.3. The molecule has 1 aromatic heterocycles. The Morgan fingerprint density at radius 3 is 2.44 bits per heavy atom. The van der Waals surface area contributed by atoms with E-state index in [-0.39, 0.29) is 30.2 Å². The Kier molecular flexibility index (Phi) is 6.64. The highest BCUT2D eigenvalue weighted by Crippen LogP contribution is 2.31. The van der Waals surface area contributed by atoms with Gasteiger partial charge in [0, 0.05) is 36.5 Å². The zero-order valence-corrected chi connectivity index (χ0v) is 19.2. The molecule has 0 aliphatic carbocycles. The van der Waals surface area contributed by atoms with Crippen LogP contribution >= 0.6 is 0 Å². The van der Waals surface area contributed by atoms with Crippen LogP contribution in [0.2, 0.25) is 0 Å². The van der Waals surface area contributed by atoms with Crippen LogP contribution in [0.4, 0.5) is 11.4 Å². The summed E-state index contributed by atoms with van der Waals surface area (Å²) in [7, 11) is 0. The summed E-state index contributed by atoms with van der Waals surface area (Å²) >= 11 is 0. The van der Waals surface area contributed by atoms with Crippen LogP contribution in [0, 0.1) is 38.0 Å². The molecule has 0 spiro atoms. The lowest BCUT2D eigenvalue weighted by atomic mass is 10.1. The lowest BCUT2D eigenvalue weighted by Gasteiger charge is -2.19. The van der Waals surface area contributed by atoms with Gasteiger partial charge in [0.1, 0.15) is 11.6 Å². The number of anilines is 2. The molecule has 32 heavy (non-hydrogen) atoms. The van der Waals surface area contributed by atoms with E-state index in [1.54, 1.807) is 31.2 Å². The second-order valence-corrected chi connectivity index (χ2v) is 8.53. The van der Waals surface area contributed by atoms with Crippen LogP contribution in [-0.2, 0) is 20.9 Å². The molecule has 0 saturated carbocycles. The van der Waals surface area contributed by atoms with Gasteiger partial charge in [-0.3, -0.25) is 19.3 Å². The standard InChI is InChI=1S/C25H28N4O3/c1-15(2)14-28-16(3)11-19(18(28)5)12-20(13-26)25(32)27-21-7-6-8-22(17(21)4)29-23(30)9-10-24(29)31/h6-8,11-12,15H,9-10,14H2,1-5H3,(H,27,32)/b20-12-. The molecular formula is C25H28N4O3. The zero-order valence-electron chi connectivity index (χ0n) is 19.2. The van der Waals surface area contributed by atoms with Gasteiger partial charge < -0.3 is 9.88 Å². The quantitative estimate of drug-likeness (QED) is 0.419. The fraction of sp³-hybridized carbons (Fsp3) is 0.360. The molecule has 0 unspecified atom stereocenters. The van der Waals surface area contributed by atoms with Crippen LogP contribution in [0.3, 0.4) is 0 Å². The van der Waals surface area contributed by atoms with Gasteiger partial charge in [-0.1, -0.05) is 19.9 Å². The van der Waals surface area contributed by atoms with Crippen LogP contribution in [0.5, 0.6) is 0 Å². The topological polar surface area (TPSA) is 95.2 Å². The Morgan fingerprint density at radius 2 is 1.84 bits per heavy atom. The molecule has 1 aliphatic rings. The Morgan fingerprint density at radius 1 is 1.19 bits per heavy atom. The number of amides is 3. The van der Waals surface area contributed by atoms with Crippen molar-refractivity contribution in [3.05, 3.63) is 52.4 Å². The van der Waals surface area contributed by atoms with E-state index in [4.69, 9.17) is 0 Å². The molecule has 1 N–H and O–H groups in total. The monoisotopic (exact) mass is 432 g/mol. The Hall–Kier alpha value is -3.66. The molecule has 166 valence electrons. The fourth-order valence-electron chi connectivity index (χ4n) is 3.96. The minimum atomic E-state index is -0.541. The molecule has 0 atom stereocenters. The van der Waals surface area contributed by atoms with Gasteiger partial charge >= 0.3 is 0 Å². The summed E-state index contributed by atoms with van der Waals surface area (Å²) in [6.45, 7) is 10.9. The summed E-state index contributed by atoms with van der Waals surface area (Å²) in [6.07, 6.45) is 1.97. The summed E-state index contributed by atoms with van der Waals surface area (Å²) in [6, 6.07) is 9.00. The third-order valence-corrected chi connectivity index (χ3v) is 5.67. The number of hydrogen-bond acceptors (Lipinski definition) is 4. The molecule has 7 heteroatoms. The molecule has 1 aliphatic heterocycles. The Balaban J connectivity index is 1.88. The maximum Gasteiger partial charge on any atom is 0.266 e. The summed E-state index contributed by atoms with van der Waals surface area (Å²) < 4.78 is 2.18. The normalized spacial score (nSPS) is 14.3. The van der Waals surface area contributed by atoms with Gasteiger partial charge in [0.25, 0.3) is 5.91 Å². The van der Waals surface area contributed by atoms with Crippen molar-refractivity contribution in [2.45, 2.75) is 54.0 Å². The molecule has 3 rings (SSSR count). The first-order valence-electron chi connectivity index (χ1n) is 10.7. The average Bonchev–Trinajstić information content (AvgIpc) is 3.20. The number of hydrogen-bond donors (Lipinski definition) is 1. The SMILES string of the molecule is Cc1c(NC(=O)/C(C#N)=C\c2cc(C)n(CC(C)C)c2C)cccc1N1C(=O)CCC1=O. The van der Waals surface area contributed by atoms with Crippen molar-refractivity contribution in [2.75, 3.05) is 10.2 Å². The largest absolute Gasteiger partial charge is 0.348 e. The van der Waals surface area contributed by atoms with Gasteiger partial charge in [-0.05, 0) is 62.1 Å². The zero-order chi connectivity index (χ0) is 23.6. The molecular weight excluding hydrogens is 404 g/mol. The minimum absolute atomic E-state index is 0.0204. The van der Waals surface area contributed by atoms with E-state index in [9.17, 15) is 19.6 Å². The summed E-state index contributed by atoms with van der Waals surface area (Å²) in [5.41, 5.74) is 4.38. The number of rotatable bonds is 6. The lowest BCUT2D eigenvalue weighted by molar-refractivity contribution is -0.121. The summed E-state index contributed by atoms with van der Waals surface area (Å²) in [5.74, 6) is -0.577. The van der Waals surface area contributed by atoms with Crippen molar-refractivity contribution in [3.8, 4) is 6.07 Å². The number of carbonyl (C=O) groups excluding carboxylic acids is 3. The number of nitriles is 1. The minimum Gasteiger partial charge on any atom is -0.348 e. The van der Waals surface area contributed by atoms with Crippen molar-refractivity contribution >= 4 is 35.2 Å². The fourth-order valence-corrected chi connectivity index (χ4v) is 3.96. The van der Waals surface area contributed by atoms with Gasteiger partial charge in [-0.25, -0.2) is 0 Å². The number of nitrogens with one attached hydrogen (secondary N) is 1. The van der Waals surface area contributed by atoms with Gasteiger partial charge in [-0.2, -0.15) is 5.26 Å². The van der Waals surface area contributed by atoms with Crippen molar-refractivity contribution in [3.63, 3.8) is 0 Å². The highest BCUT2D eigenvalue weighted by Gasteiger charge is 2.31. The van der Waals surface area contributed by atoms with Crippen LogP contribution in [-0.4, -0.2) is 22.3 Å². The Bertz CT molecular complexity index is 1150. The van der Waals surface area contributed by atoms with Gasteiger partial charge in [-0.15, -0.1) is 0 Å². The summed E-state index contributed by atoms with van der Waals surface area (Å²) in [5, 5.41) is 12.4. The van der Waals surface area contributed by atoms with Crippen LogP contribution in [0.15, 0.2) is 29.8 Å². The van der Waals surface area contributed by atoms with E-state index in [0.29, 0.717) is 22.9 Å². The first-order valence-corrected chi connectivity index (χ1v) is 10.7. The molecule has 0 radical (unpaired) electrons. The number of aromatic nitrogens is 1. The first-order chi connectivity index (χ1) is 15.1.